The number of anilines is 1. The summed E-state index contributed by atoms with van der Waals surface area (Å²) >= 11 is 0. The van der Waals surface area contributed by atoms with E-state index < -0.39 is 44.2 Å². The van der Waals surface area contributed by atoms with E-state index in [1.807, 2.05) is 6.92 Å². The van der Waals surface area contributed by atoms with Gasteiger partial charge in [-0.2, -0.15) is 0 Å². The first kappa shape index (κ1) is 22.8. The summed E-state index contributed by atoms with van der Waals surface area (Å²) < 4.78 is 62.1. The number of rotatable bonds is 8. The van der Waals surface area contributed by atoms with Crippen LogP contribution in [0.5, 0.6) is 0 Å². The van der Waals surface area contributed by atoms with Gasteiger partial charge in [-0.25, -0.2) is 21.2 Å². The zero-order chi connectivity index (χ0) is 21.8. The molecule has 1 N–H and O–H groups in total. The zero-order valence-electron chi connectivity index (χ0n) is 16.3. The van der Waals surface area contributed by atoms with Crippen molar-refractivity contribution in [2.24, 2.45) is 0 Å². The summed E-state index contributed by atoms with van der Waals surface area (Å²) in [5.41, 5.74) is 0.459. The Balaban J connectivity index is 2.21. The summed E-state index contributed by atoms with van der Waals surface area (Å²) in [4.78, 5) is 12.7. The number of amides is 1. The number of carbonyl (C=O) groups is 1. The van der Waals surface area contributed by atoms with Crippen molar-refractivity contribution < 1.29 is 26.0 Å². The SMILES string of the molecule is CCC(NC(=O)CN(c1ccccc1F)S(C)(=O)=O)c1ccc(S(C)(=O)=O)cc1. The average molecular weight is 443 g/mol. The largest absolute Gasteiger partial charge is 0.348 e. The fourth-order valence-electron chi connectivity index (χ4n) is 2.77. The summed E-state index contributed by atoms with van der Waals surface area (Å²) in [7, 11) is -7.24. The molecule has 10 heteroatoms. The van der Waals surface area contributed by atoms with Crippen LogP contribution in [0, 0.1) is 5.82 Å². The van der Waals surface area contributed by atoms with Gasteiger partial charge in [0.1, 0.15) is 12.4 Å². The van der Waals surface area contributed by atoms with Crippen LogP contribution in [-0.4, -0.2) is 41.8 Å². The molecule has 29 heavy (non-hydrogen) atoms. The highest BCUT2D eigenvalue weighted by Gasteiger charge is 2.24. The lowest BCUT2D eigenvalue weighted by molar-refractivity contribution is -0.120. The van der Waals surface area contributed by atoms with Crippen molar-refractivity contribution in [2.45, 2.75) is 24.3 Å². The zero-order valence-corrected chi connectivity index (χ0v) is 17.9. The number of sulfonamides is 1. The second-order valence-corrected chi connectivity index (χ2v) is 10.5. The van der Waals surface area contributed by atoms with Crippen LogP contribution in [0.15, 0.2) is 53.4 Å². The molecule has 0 spiro atoms. The minimum absolute atomic E-state index is 0.158. The van der Waals surface area contributed by atoms with E-state index in [0.29, 0.717) is 16.3 Å². The van der Waals surface area contributed by atoms with Crippen molar-refractivity contribution in [3.05, 3.63) is 59.9 Å². The van der Waals surface area contributed by atoms with E-state index in [9.17, 15) is 26.0 Å². The minimum Gasteiger partial charge on any atom is -0.348 e. The number of para-hydroxylation sites is 1. The number of hydrogen-bond donors (Lipinski definition) is 1. The fourth-order valence-corrected chi connectivity index (χ4v) is 4.26. The van der Waals surface area contributed by atoms with Gasteiger partial charge in [0.05, 0.1) is 22.9 Å². The van der Waals surface area contributed by atoms with E-state index in [0.717, 1.165) is 18.6 Å². The van der Waals surface area contributed by atoms with Crippen LogP contribution in [0.2, 0.25) is 0 Å². The van der Waals surface area contributed by atoms with Crippen molar-refractivity contribution in [1.29, 1.82) is 0 Å². The maximum Gasteiger partial charge on any atom is 0.241 e. The first-order valence-corrected chi connectivity index (χ1v) is 12.5. The summed E-state index contributed by atoms with van der Waals surface area (Å²) in [6.45, 7) is 1.23. The lowest BCUT2D eigenvalue weighted by Gasteiger charge is -2.24. The predicted molar refractivity (Wildman–Crippen MR) is 109 cm³/mol. The average Bonchev–Trinajstić information content (AvgIpc) is 2.63. The summed E-state index contributed by atoms with van der Waals surface area (Å²) in [6.07, 6.45) is 2.49. The molecule has 2 aromatic rings. The van der Waals surface area contributed by atoms with E-state index in [1.165, 1.54) is 30.3 Å². The van der Waals surface area contributed by atoms with Crippen LogP contribution in [0.25, 0.3) is 0 Å². The van der Waals surface area contributed by atoms with Gasteiger partial charge in [-0.05, 0) is 36.2 Å². The molecule has 0 aromatic heterocycles. The number of hydrogen-bond acceptors (Lipinski definition) is 5. The molecule has 0 bridgehead atoms. The molecule has 2 rings (SSSR count). The van der Waals surface area contributed by atoms with Crippen molar-refractivity contribution in [2.75, 3.05) is 23.4 Å². The van der Waals surface area contributed by atoms with Crippen molar-refractivity contribution in [3.63, 3.8) is 0 Å². The molecule has 0 radical (unpaired) electrons. The standard InChI is InChI=1S/C19H23FN2O5S2/c1-4-17(14-9-11-15(12-10-14)28(2,24)25)21-19(23)13-22(29(3,26)27)18-8-6-5-7-16(18)20/h5-12,17H,4,13H2,1-3H3,(H,21,23). The Morgan fingerprint density at radius 2 is 1.62 bits per heavy atom. The van der Waals surface area contributed by atoms with Gasteiger partial charge < -0.3 is 5.32 Å². The topological polar surface area (TPSA) is 101 Å². The first-order chi connectivity index (χ1) is 13.4. The maximum atomic E-state index is 14.1. The van der Waals surface area contributed by atoms with Gasteiger partial charge >= 0.3 is 0 Å². The Hall–Kier alpha value is -2.46. The Morgan fingerprint density at radius 3 is 2.10 bits per heavy atom. The van der Waals surface area contributed by atoms with Crippen LogP contribution in [0.4, 0.5) is 10.1 Å². The van der Waals surface area contributed by atoms with E-state index in [2.05, 4.69) is 5.32 Å². The quantitative estimate of drug-likeness (QED) is 0.676. The summed E-state index contributed by atoms with van der Waals surface area (Å²) in [5, 5.41) is 2.72. The third kappa shape index (κ3) is 6.01. The van der Waals surface area contributed by atoms with Crippen LogP contribution < -0.4 is 9.62 Å². The fraction of sp³-hybridized carbons (Fsp3) is 0.316. The van der Waals surface area contributed by atoms with E-state index in [4.69, 9.17) is 0 Å². The second kappa shape index (κ2) is 8.91. The first-order valence-electron chi connectivity index (χ1n) is 8.75. The molecule has 7 nitrogen and oxygen atoms in total. The molecule has 1 atom stereocenters. The number of sulfone groups is 1. The van der Waals surface area contributed by atoms with Crippen molar-refractivity contribution in [3.8, 4) is 0 Å². The van der Waals surface area contributed by atoms with Gasteiger partial charge in [0.2, 0.25) is 15.9 Å². The van der Waals surface area contributed by atoms with Crippen LogP contribution in [0.1, 0.15) is 24.9 Å². The Labute approximate surface area is 170 Å². The highest BCUT2D eigenvalue weighted by molar-refractivity contribution is 7.92. The van der Waals surface area contributed by atoms with Crippen molar-refractivity contribution in [1.82, 2.24) is 5.32 Å². The Morgan fingerprint density at radius 1 is 1.03 bits per heavy atom. The summed E-state index contributed by atoms with van der Waals surface area (Å²) in [5.74, 6) is -1.37. The molecule has 1 amide bonds. The van der Waals surface area contributed by atoms with Gasteiger partial charge in [-0.3, -0.25) is 9.10 Å². The molecule has 0 aliphatic heterocycles. The number of nitrogens with one attached hydrogen (secondary N) is 1. The maximum absolute atomic E-state index is 14.1. The highest BCUT2D eigenvalue weighted by Crippen LogP contribution is 2.22. The number of halogens is 1. The van der Waals surface area contributed by atoms with Crippen molar-refractivity contribution >= 4 is 31.5 Å². The van der Waals surface area contributed by atoms with E-state index in [1.54, 1.807) is 12.1 Å². The monoisotopic (exact) mass is 442 g/mol. The third-order valence-electron chi connectivity index (χ3n) is 4.26. The molecule has 1 unspecified atom stereocenters. The van der Waals surface area contributed by atoms with Crippen LogP contribution >= 0.6 is 0 Å². The molecule has 2 aromatic carbocycles. The van der Waals surface area contributed by atoms with E-state index in [-0.39, 0.29) is 10.6 Å². The Kier molecular flexibility index (Phi) is 7.02. The minimum atomic E-state index is -3.90. The highest BCUT2D eigenvalue weighted by atomic mass is 32.2. The molecular formula is C19H23FN2O5S2. The molecule has 0 saturated carbocycles. The van der Waals surface area contributed by atoms with Crippen LogP contribution in [-0.2, 0) is 24.7 Å². The summed E-state index contributed by atoms with van der Waals surface area (Å²) in [6, 6.07) is 10.9. The molecular weight excluding hydrogens is 419 g/mol. The predicted octanol–water partition coefficient (Wildman–Crippen LogP) is 2.26. The van der Waals surface area contributed by atoms with Crippen LogP contribution in [0.3, 0.4) is 0 Å². The lowest BCUT2D eigenvalue weighted by atomic mass is 10.0. The second-order valence-electron chi connectivity index (χ2n) is 6.59. The molecule has 158 valence electrons. The molecule has 0 heterocycles. The molecule has 0 fully saturated rings. The molecule has 0 saturated heterocycles. The number of nitrogens with zero attached hydrogens (tertiary/aromatic N) is 1. The van der Waals surface area contributed by atoms with Gasteiger partial charge in [-0.1, -0.05) is 31.2 Å². The van der Waals surface area contributed by atoms with Gasteiger partial charge in [0, 0.05) is 6.26 Å². The molecule has 0 aliphatic carbocycles. The normalized spacial score (nSPS) is 13.0. The van der Waals surface area contributed by atoms with Gasteiger partial charge in [0.15, 0.2) is 9.84 Å². The van der Waals surface area contributed by atoms with Gasteiger partial charge in [-0.15, -0.1) is 0 Å². The van der Waals surface area contributed by atoms with Gasteiger partial charge in [0.25, 0.3) is 0 Å². The van der Waals surface area contributed by atoms with E-state index >= 15 is 0 Å². The number of benzene rings is 2. The third-order valence-corrected chi connectivity index (χ3v) is 6.52. The number of carbonyl (C=O) groups excluding carboxylic acids is 1. The smallest absolute Gasteiger partial charge is 0.241 e. The molecule has 0 aliphatic rings. The Bertz CT molecular complexity index is 1080. The lowest BCUT2D eigenvalue weighted by Crippen LogP contribution is -2.41.